The normalized spacial score (nSPS) is 26.7. The van der Waals surface area contributed by atoms with Gasteiger partial charge in [0.25, 0.3) is 0 Å². The molecule has 208 valence electrons. The van der Waals surface area contributed by atoms with Gasteiger partial charge in [-0.25, -0.2) is 4.39 Å². The van der Waals surface area contributed by atoms with Crippen molar-refractivity contribution in [2.45, 2.75) is 76.2 Å². The summed E-state index contributed by atoms with van der Waals surface area (Å²) in [6, 6.07) is 8.67. The maximum atomic E-state index is 13.8. The van der Waals surface area contributed by atoms with Crippen molar-refractivity contribution in [1.82, 2.24) is 4.98 Å². The highest BCUT2D eigenvalue weighted by Gasteiger charge is 2.52. The number of hydrogen-bond donors (Lipinski definition) is 2. The summed E-state index contributed by atoms with van der Waals surface area (Å²) in [5, 5.41) is 18.5. The molecule has 0 saturated heterocycles. The van der Waals surface area contributed by atoms with Crippen molar-refractivity contribution in [3.8, 4) is 23.0 Å². The summed E-state index contributed by atoms with van der Waals surface area (Å²) in [6.07, 6.45) is 5.68. The van der Waals surface area contributed by atoms with Crippen LogP contribution in [-0.2, 0) is 19.3 Å². The average Bonchev–Trinajstić information content (AvgIpc) is 2.85. The lowest BCUT2D eigenvalue weighted by atomic mass is 9.48. The zero-order valence-corrected chi connectivity index (χ0v) is 23.6. The van der Waals surface area contributed by atoms with E-state index in [0.29, 0.717) is 0 Å². The smallest absolute Gasteiger partial charge is 0.305 e. The summed E-state index contributed by atoms with van der Waals surface area (Å²) in [7, 11) is -2.64. The number of hydrogen-bond acceptors (Lipinski definition) is 5. The minimum Gasteiger partial charge on any atom is -0.481 e. The zero-order valence-electron chi connectivity index (χ0n) is 22.6. The van der Waals surface area contributed by atoms with E-state index in [1.807, 2.05) is 0 Å². The molecule has 2 unspecified atom stereocenters. The highest BCUT2D eigenvalue weighted by Crippen LogP contribution is 2.60. The molecule has 2 N–H and O–H groups in total. The second-order valence-corrected chi connectivity index (χ2v) is 13.5. The molecule has 4 aliphatic carbocycles. The number of aliphatic hydroxyl groups excluding tert-OH is 1. The van der Waals surface area contributed by atoms with Crippen LogP contribution < -0.4 is 0 Å². The molecule has 6 nitrogen and oxygen atoms in total. The molecule has 1 heterocycles. The maximum Gasteiger partial charge on any atom is 0.305 e. The molecule has 4 bridgehead atoms. The molecule has 4 saturated carbocycles. The lowest BCUT2D eigenvalue weighted by Gasteiger charge is -2.56. The first-order valence-corrected chi connectivity index (χ1v) is 15.5. The van der Waals surface area contributed by atoms with E-state index < -0.39 is 26.5 Å². The number of carboxylic acids is 1. The molecule has 0 aliphatic heterocycles. The Morgan fingerprint density at radius 3 is 2.33 bits per heavy atom. The molecule has 2 aromatic rings. The van der Waals surface area contributed by atoms with Gasteiger partial charge in [-0.15, -0.1) is 0 Å². The minimum atomic E-state index is -2.64. The summed E-state index contributed by atoms with van der Waals surface area (Å²) in [6.45, 7) is 4.09. The van der Waals surface area contributed by atoms with Gasteiger partial charge < -0.3 is 14.7 Å². The predicted molar refractivity (Wildman–Crippen MR) is 149 cm³/mol. The summed E-state index contributed by atoms with van der Waals surface area (Å²) >= 11 is 0. The van der Waals surface area contributed by atoms with E-state index in [-0.39, 0.29) is 29.9 Å². The Bertz CT molecular complexity index is 1280. The van der Waals surface area contributed by atoms with Crippen molar-refractivity contribution < 1.29 is 28.5 Å². The lowest BCUT2D eigenvalue weighted by Crippen LogP contribution is -2.49. The highest BCUT2D eigenvalue weighted by molar-refractivity contribution is 7.39. The third kappa shape index (κ3) is 6.30. The Kier molecular flexibility index (Phi) is 8.29. The average molecular weight is 554 g/mol. The molecular formula is C31H37FNO5P. The van der Waals surface area contributed by atoms with Gasteiger partial charge in [-0.1, -0.05) is 37.8 Å². The number of aliphatic hydroxyl groups is 1. The van der Waals surface area contributed by atoms with Crippen LogP contribution in [-0.4, -0.2) is 40.0 Å². The topological polar surface area (TPSA) is 96.7 Å². The second-order valence-electron chi connectivity index (χ2n) is 12.1. The molecule has 4 aliphatic rings. The van der Waals surface area contributed by atoms with E-state index in [1.54, 1.807) is 12.1 Å². The number of benzene rings is 1. The van der Waals surface area contributed by atoms with Gasteiger partial charge >= 0.3 is 5.97 Å². The fourth-order valence-electron chi connectivity index (χ4n) is 7.43. The van der Waals surface area contributed by atoms with Gasteiger partial charge in [0.2, 0.25) is 0 Å². The van der Waals surface area contributed by atoms with Gasteiger partial charge in [0.05, 0.1) is 23.8 Å². The number of rotatable bonds is 9. The van der Waals surface area contributed by atoms with Crippen LogP contribution in [0.1, 0.15) is 81.7 Å². The van der Waals surface area contributed by atoms with Crippen LogP contribution in [0.25, 0.3) is 11.1 Å². The first kappa shape index (κ1) is 28.0. The number of carbonyl (C=O) groups is 1. The maximum absolute atomic E-state index is 13.8. The molecule has 4 fully saturated rings. The van der Waals surface area contributed by atoms with Gasteiger partial charge in [-0.2, -0.15) is 0 Å². The van der Waals surface area contributed by atoms with E-state index in [2.05, 4.69) is 31.8 Å². The quantitative estimate of drug-likeness (QED) is 0.285. The van der Waals surface area contributed by atoms with Crippen LogP contribution in [0.2, 0.25) is 0 Å². The highest BCUT2D eigenvalue weighted by atomic mass is 31.1. The third-order valence-corrected chi connectivity index (χ3v) is 9.93. The van der Waals surface area contributed by atoms with E-state index in [4.69, 9.17) is 14.6 Å². The minimum absolute atomic E-state index is 0.0961. The molecule has 39 heavy (non-hydrogen) atoms. The largest absolute Gasteiger partial charge is 0.481 e. The van der Waals surface area contributed by atoms with Crippen molar-refractivity contribution in [1.29, 1.82) is 0 Å². The van der Waals surface area contributed by atoms with Crippen molar-refractivity contribution in [3.63, 3.8) is 0 Å². The van der Waals surface area contributed by atoms with Crippen LogP contribution in [0, 0.1) is 35.4 Å². The fraction of sp³-hybridized carbons (Fsp3) is 0.548. The molecular weight excluding hydrogens is 516 g/mol. The van der Waals surface area contributed by atoms with Crippen LogP contribution in [0.5, 0.6) is 0 Å². The number of carboxylic acid groups (broad SMARTS) is 1. The summed E-state index contributed by atoms with van der Waals surface area (Å²) in [5.74, 6) is 7.16. The van der Waals surface area contributed by atoms with Crippen LogP contribution in [0.4, 0.5) is 4.39 Å². The molecule has 0 spiro atoms. The van der Waals surface area contributed by atoms with Crippen LogP contribution in [0.15, 0.2) is 30.3 Å². The molecule has 1 aromatic heterocycles. The number of pyridine rings is 1. The molecule has 0 radical (unpaired) electrons. The number of halogens is 1. The second kappa shape index (κ2) is 11.5. The standard InChI is InChI=1S/C31H37FNO5P/c1-19(2)30-26(4-3-9-38-39(37)18-25(34)13-29(35)36)27(23-5-7-24(32)8-6-23)14-28(33-30)31-15-20-10-21(16-31)12-22(11-20)17-31/h5-8,14,19-22,25,34,39H,9-13,15-18H2,1-2H3,(H,35,36). The first-order valence-electron chi connectivity index (χ1n) is 14.0. The fourth-order valence-corrected chi connectivity index (χ4v) is 8.31. The van der Waals surface area contributed by atoms with E-state index >= 15 is 0 Å². The molecule has 2 atom stereocenters. The van der Waals surface area contributed by atoms with E-state index in [1.165, 1.54) is 50.7 Å². The number of aromatic nitrogens is 1. The van der Waals surface area contributed by atoms with Crippen molar-refractivity contribution in [2.24, 2.45) is 17.8 Å². The molecule has 0 amide bonds. The Morgan fingerprint density at radius 1 is 1.15 bits per heavy atom. The SMILES string of the molecule is CC(C)c1nc(C23CC4CC(CC(C4)C2)C3)cc(-c2ccc(F)cc2)c1C#CCO[PH](=O)CC(O)CC(=O)O. The van der Waals surface area contributed by atoms with Gasteiger partial charge in [0.15, 0.2) is 8.03 Å². The van der Waals surface area contributed by atoms with Crippen molar-refractivity contribution >= 4 is 14.0 Å². The Hall–Kier alpha value is -2.52. The van der Waals surface area contributed by atoms with E-state index in [9.17, 15) is 18.9 Å². The number of aliphatic carboxylic acids is 1. The zero-order chi connectivity index (χ0) is 27.7. The Labute approximate surface area is 230 Å². The Balaban J connectivity index is 1.47. The van der Waals surface area contributed by atoms with Gasteiger partial charge in [-0.05, 0) is 86.0 Å². The molecule has 1 aromatic carbocycles. The third-order valence-electron chi connectivity index (χ3n) is 8.66. The van der Waals surface area contributed by atoms with Gasteiger partial charge in [0.1, 0.15) is 12.4 Å². The Morgan fingerprint density at radius 2 is 1.77 bits per heavy atom. The lowest BCUT2D eigenvalue weighted by molar-refractivity contribution is -0.138. The molecule has 6 rings (SSSR count). The van der Waals surface area contributed by atoms with Gasteiger partial charge in [0, 0.05) is 22.8 Å². The summed E-state index contributed by atoms with van der Waals surface area (Å²) in [5.41, 5.74) is 4.71. The first-order chi connectivity index (χ1) is 18.6. The summed E-state index contributed by atoms with van der Waals surface area (Å²) in [4.78, 5) is 16.0. The van der Waals surface area contributed by atoms with E-state index in [0.717, 1.165) is 45.8 Å². The van der Waals surface area contributed by atoms with Gasteiger partial charge in [-0.3, -0.25) is 14.3 Å². The predicted octanol–water partition coefficient (Wildman–Crippen LogP) is 6.16. The van der Waals surface area contributed by atoms with Crippen molar-refractivity contribution in [2.75, 3.05) is 12.8 Å². The number of nitrogens with zero attached hydrogens (tertiary/aromatic N) is 1. The summed E-state index contributed by atoms with van der Waals surface area (Å²) < 4.78 is 31.3. The molecule has 8 heteroatoms. The van der Waals surface area contributed by atoms with Crippen molar-refractivity contribution in [3.05, 3.63) is 53.1 Å². The van der Waals surface area contributed by atoms with Crippen LogP contribution >= 0.6 is 8.03 Å². The monoisotopic (exact) mass is 553 g/mol. The van der Waals surface area contributed by atoms with Crippen LogP contribution in [0.3, 0.4) is 0 Å².